The lowest BCUT2D eigenvalue weighted by atomic mass is 9.88. The normalized spacial score (nSPS) is 18.8. The highest BCUT2D eigenvalue weighted by Crippen LogP contribution is 2.50. The number of aromatic nitrogens is 5. The molecule has 1 aromatic carbocycles. The highest BCUT2D eigenvalue weighted by molar-refractivity contribution is 5.77. The Bertz CT molecular complexity index is 1700. The molecule has 13 heteroatoms. The Hall–Kier alpha value is -3.84. The van der Waals surface area contributed by atoms with Crippen molar-refractivity contribution in [3.63, 3.8) is 0 Å². The molecule has 0 atom stereocenters. The van der Waals surface area contributed by atoms with Crippen molar-refractivity contribution >= 4 is 22.7 Å². The number of benzene rings is 1. The van der Waals surface area contributed by atoms with E-state index in [1.54, 1.807) is 0 Å². The van der Waals surface area contributed by atoms with Crippen LogP contribution >= 0.6 is 0 Å². The van der Waals surface area contributed by atoms with E-state index < -0.39 is 35.5 Å². The summed E-state index contributed by atoms with van der Waals surface area (Å²) < 4.78 is 56.6. The van der Waals surface area contributed by atoms with E-state index in [9.17, 15) is 23.1 Å². The van der Waals surface area contributed by atoms with Crippen LogP contribution in [0.4, 0.5) is 29.2 Å². The van der Waals surface area contributed by atoms with Crippen molar-refractivity contribution in [3.05, 3.63) is 69.5 Å². The number of nitrogens with zero attached hydrogens (tertiary/aromatic N) is 5. The predicted molar refractivity (Wildman–Crippen MR) is 132 cm³/mol. The van der Waals surface area contributed by atoms with Gasteiger partial charge in [0.05, 0.1) is 5.69 Å². The third-order valence-corrected chi connectivity index (χ3v) is 7.80. The van der Waals surface area contributed by atoms with Gasteiger partial charge in [0, 0.05) is 30.4 Å². The zero-order chi connectivity index (χ0) is 27.2. The van der Waals surface area contributed by atoms with Gasteiger partial charge in [-0.15, -0.1) is 0 Å². The maximum atomic E-state index is 15.1. The average Bonchev–Trinajstić information content (AvgIpc) is 3.81. The molecule has 0 unspecified atom stereocenters. The number of pyridine rings is 1. The molecule has 4 aromatic rings. The fourth-order valence-electron chi connectivity index (χ4n) is 5.42. The topological polar surface area (TPSA) is 110 Å². The number of hydrogen-bond acceptors (Lipinski definition) is 7. The highest BCUT2D eigenvalue weighted by Gasteiger charge is 2.47. The van der Waals surface area contributed by atoms with Crippen LogP contribution in [0.25, 0.3) is 16.9 Å². The highest BCUT2D eigenvalue weighted by atomic mass is 19.4. The first kappa shape index (κ1) is 24.2. The van der Waals surface area contributed by atoms with Gasteiger partial charge in [0.2, 0.25) is 5.95 Å². The largest absolute Gasteiger partial charge is 0.408 e. The Labute approximate surface area is 218 Å². The molecule has 3 aliphatic rings. The summed E-state index contributed by atoms with van der Waals surface area (Å²) in [5.41, 5.74) is 0.846. The number of alkyl halides is 3. The zero-order valence-electron chi connectivity index (χ0n) is 20.5. The first-order chi connectivity index (χ1) is 18.6. The number of halogens is 4. The predicted octanol–water partition coefficient (Wildman–Crippen LogP) is 3.54. The van der Waals surface area contributed by atoms with Gasteiger partial charge in [0.25, 0.3) is 5.56 Å². The lowest BCUT2D eigenvalue weighted by Gasteiger charge is -2.26. The summed E-state index contributed by atoms with van der Waals surface area (Å²) in [4.78, 5) is 25.7. The molecule has 0 radical (unpaired) electrons. The van der Waals surface area contributed by atoms with Crippen molar-refractivity contribution in [2.45, 2.75) is 56.0 Å². The van der Waals surface area contributed by atoms with Crippen LogP contribution in [0.3, 0.4) is 0 Å². The molecule has 2 fully saturated rings. The Morgan fingerprint density at radius 1 is 1.10 bits per heavy atom. The van der Waals surface area contributed by atoms with Gasteiger partial charge in [-0.1, -0.05) is 6.07 Å². The molecule has 1 aliphatic heterocycles. The first-order valence-corrected chi connectivity index (χ1v) is 12.6. The molecule has 0 amide bonds. The number of fused-ring (bicyclic) bond motifs is 3. The van der Waals surface area contributed by atoms with Gasteiger partial charge in [0.1, 0.15) is 17.5 Å². The van der Waals surface area contributed by atoms with Gasteiger partial charge in [-0.3, -0.25) is 4.79 Å². The minimum atomic E-state index is -4.79. The van der Waals surface area contributed by atoms with Gasteiger partial charge in [0.15, 0.2) is 17.3 Å². The average molecular weight is 542 g/mol. The molecule has 1 spiro atoms. The maximum absolute atomic E-state index is 15.1. The second-order valence-corrected chi connectivity index (χ2v) is 10.6. The van der Waals surface area contributed by atoms with E-state index in [1.165, 1.54) is 11.6 Å². The van der Waals surface area contributed by atoms with Crippen LogP contribution in [0.5, 0.6) is 0 Å². The molecular weight excluding hydrogens is 518 g/mol. The molecule has 2 aliphatic carbocycles. The van der Waals surface area contributed by atoms with E-state index >= 15 is 4.39 Å². The number of anilines is 2. The van der Waals surface area contributed by atoms with Gasteiger partial charge < -0.3 is 15.7 Å². The van der Waals surface area contributed by atoms with Crippen LogP contribution in [0.1, 0.15) is 42.5 Å². The van der Waals surface area contributed by atoms with Crippen LogP contribution in [-0.4, -0.2) is 42.1 Å². The molecule has 3 aromatic heterocycles. The summed E-state index contributed by atoms with van der Waals surface area (Å²) in [6.07, 6.45) is -0.625. The molecule has 2 saturated carbocycles. The van der Waals surface area contributed by atoms with Crippen LogP contribution in [0.2, 0.25) is 0 Å². The first-order valence-electron chi connectivity index (χ1n) is 12.6. The molecular formula is C26H23F4N7O2. The summed E-state index contributed by atoms with van der Waals surface area (Å²) in [5.74, 6) is -1.52. The fourth-order valence-corrected chi connectivity index (χ4v) is 5.42. The second-order valence-electron chi connectivity index (χ2n) is 10.6. The Morgan fingerprint density at radius 2 is 1.90 bits per heavy atom. The van der Waals surface area contributed by atoms with Crippen molar-refractivity contribution < 1.29 is 22.7 Å². The SMILES string of the molecule is O=c1c2cnc(Nc3ccc4c(c3)CNCC43CC3)nc2n(-c2nc(C3(O)CC3)ccc2F)n1CC(F)(F)F. The van der Waals surface area contributed by atoms with Gasteiger partial charge in [-0.25, -0.2) is 23.7 Å². The molecule has 0 bridgehead atoms. The third-order valence-electron chi connectivity index (χ3n) is 7.80. The Morgan fingerprint density at radius 3 is 2.62 bits per heavy atom. The lowest BCUT2D eigenvalue weighted by Crippen LogP contribution is -2.33. The zero-order valence-corrected chi connectivity index (χ0v) is 20.5. The number of aliphatic hydroxyl groups is 1. The molecule has 39 heavy (non-hydrogen) atoms. The Balaban J connectivity index is 1.34. The van der Waals surface area contributed by atoms with Gasteiger partial charge in [-0.2, -0.15) is 18.2 Å². The number of nitrogens with one attached hydrogen (secondary N) is 2. The lowest BCUT2D eigenvalue weighted by molar-refractivity contribution is -0.144. The van der Waals surface area contributed by atoms with Crippen molar-refractivity contribution in [3.8, 4) is 5.82 Å². The minimum absolute atomic E-state index is 0.0163. The van der Waals surface area contributed by atoms with E-state index in [4.69, 9.17) is 0 Å². The van der Waals surface area contributed by atoms with E-state index in [0.717, 1.165) is 41.9 Å². The molecule has 9 nitrogen and oxygen atoms in total. The van der Waals surface area contributed by atoms with Crippen LogP contribution < -0.4 is 16.2 Å². The maximum Gasteiger partial charge on any atom is 0.408 e. The van der Waals surface area contributed by atoms with Gasteiger partial charge >= 0.3 is 6.18 Å². The molecule has 4 heterocycles. The van der Waals surface area contributed by atoms with Crippen LogP contribution in [0, 0.1) is 5.82 Å². The molecule has 3 N–H and O–H groups in total. The van der Waals surface area contributed by atoms with Crippen molar-refractivity contribution in [1.82, 2.24) is 29.6 Å². The quantitative estimate of drug-likeness (QED) is 0.332. The summed E-state index contributed by atoms with van der Waals surface area (Å²) >= 11 is 0. The molecule has 202 valence electrons. The van der Waals surface area contributed by atoms with Crippen LogP contribution in [0.15, 0.2) is 41.3 Å². The summed E-state index contributed by atoms with van der Waals surface area (Å²) in [5, 5.41) is 16.7. The van der Waals surface area contributed by atoms with Crippen molar-refractivity contribution in [1.29, 1.82) is 0 Å². The van der Waals surface area contributed by atoms with Crippen molar-refractivity contribution in [2.75, 3.05) is 11.9 Å². The fraction of sp³-hybridized carbons (Fsp3) is 0.385. The number of hydrogen-bond donors (Lipinski definition) is 3. The monoisotopic (exact) mass is 541 g/mol. The molecule has 7 rings (SSSR count). The summed E-state index contributed by atoms with van der Waals surface area (Å²) in [7, 11) is 0. The smallest absolute Gasteiger partial charge is 0.384 e. The third kappa shape index (κ3) is 4.07. The van der Waals surface area contributed by atoms with E-state index in [-0.39, 0.29) is 28.1 Å². The van der Waals surface area contributed by atoms with Gasteiger partial charge in [-0.05, 0) is 61.1 Å². The second kappa shape index (κ2) is 8.09. The van der Waals surface area contributed by atoms with Crippen LogP contribution in [-0.2, 0) is 24.1 Å². The Kier molecular flexibility index (Phi) is 5.02. The van der Waals surface area contributed by atoms with Crippen molar-refractivity contribution in [2.24, 2.45) is 0 Å². The van der Waals surface area contributed by atoms with E-state index in [2.05, 4.69) is 31.7 Å². The minimum Gasteiger partial charge on any atom is -0.384 e. The summed E-state index contributed by atoms with van der Waals surface area (Å²) in [6.45, 7) is -0.0394. The number of rotatable bonds is 5. The molecule has 0 saturated heterocycles. The van der Waals surface area contributed by atoms with E-state index in [1.807, 2.05) is 12.1 Å². The van der Waals surface area contributed by atoms with E-state index in [0.29, 0.717) is 29.8 Å². The summed E-state index contributed by atoms with van der Waals surface area (Å²) in [6, 6.07) is 8.21. The standard InChI is InChI=1S/C26H23F4N7O2/c27-18-3-4-19(25(39)7-8-25)34-21(18)37-20-16(22(38)36(37)13-26(28,29)30)11-32-23(35-20)33-15-1-2-17-14(9-15)10-31-12-24(17)5-6-24/h1-4,9,11,31,39H,5-8,10,12-13H2,(H,32,33,35).